The number of esters is 1. The molecule has 1 aromatic rings. The second kappa shape index (κ2) is 5.73. The Balaban J connectivity index is 1.97. The van der Waals surface area contributed by atoms with Crippen molar-refractivity contribution in [2.45, 2.75) is 32.6 Å². The number of aromatic carboxylic acids is 1. The topological polar surface area (TPSA) is 76.1 Å². The summed E-state index contributed by atoms with van der Waals surface area (Å²) in [4.78, 5) is 22.9. The van der Waals surface area contributed by atoms with Crippen LogP contribution in [0.2, 0.25) is 0 Å². The van der Waals surface area contributed by atoms with Crippen molar-refractivity contribution in [1.82, 2.24) is 0 Å². The highest BCUT2D eigenvalue weighted by Crippen LogP contribution is 2.49. The number of carboxylic acids is 1. The summed E-state index contributed by atoms with van der Waals surface area (Å²) < 4.78 is 10.1. The molecule has 0 fully saturated rings. The van der Waals surface area contributed by atoms with Crippen molar-refractivity contribution in [3.8, 4) is 11.5 Å². The van der Waals surface area contributed by atoms with E-state index in [1.54, 1.807) is 6.07 Å². The third-order valence-corrected chi connectivity index (χ3v) is 2.96. The van der Waals surface area contributed by atoms with Gasteiger partial charge < -0.3 is 14.6 Å². The van der Waals surface area contributed by atoms with Gasteiger partial charge in [0.1, 0.15) is 5.56 Å². The second-order valence-corrected chi connectivity index (χ2v) is 4.42. The Morgan fingerprint density at radius 1 is 1.26 bits per heavy atom. The van der Waals surface area contributed by atoms with Crippen LogP contribution in [0.5, 0.6) is 11.5 Å². The summed E-state index contributed by atoms with van der Waals surface area (Å²) in [7, 11) is 0. The van der Waals surface area contributed by atoms with Gasteiger partial charge in [0, 0.05) is 0 Å². The Bertz CT molecular complexity index is 507. The normalized spacial score (nSPS) is 11.4. The molecule has 0 spiro atoms. The van der Waals surface area contributed by atoms with E-state index in [9.17, 15) is 9.59 Å². The second-order valence-electron chi connectivity index (χ2n) is 4.42. The van der Waals surface area contributed by atoms with Crippen LogP contribution in [-0.2, 0) is 4.74 Å². The first-order valence-corrected chi connectivity index (χ1v) is 6.40. The minimum absolute atomic E-state index is 0.0549. The van der Waals surface area contributed by atoms with E-state index in [2.05, 4.69) is 6.92 Å². The molecule has 0 aromatic heterocycles. The highest BCUT2D eigenvalue weighted by Gasteiger charge is 2.33. The Morgan fingerprint density at radius 2 is 2.05 bits per heavy atom. The molecule has 0 saturated heterocycles. The maximum atomic E-state index is 11.8. The van der Waals surface area contributed by atoms with Crippen LogP contribution in [0, 0.1) is 0 Å². The Morgan fingerprint density at radius 3 is 2.74 bits per heavy atom. The van der Waals surface area contributed by atoms with Gasteiger partial charge in [0.25, 0.3) is 0 Å². The minimum Gasteiger partial charge on any atom is -0.478 e. The fourth-order valence-electron chi connectivity index (χ4n) is 1.89. The molecule has 0 bridgehead atoms. The molecule has 19 heavy (non-hydrogen) atoms. The van der Waals surface area contributed by atoms with Gasteiger partial charge in [0.15, 0.2) is 11.5 Å². The van der Waals surface area contributed by atoms with E-state index in [-0.39, 0.29) is 16.9 Å². The highest BCUT2D eigenvalue weighted by atomic mass is 16.6. The monoisotopic (exact) mass is 264 g/mol. The average molecular weight is 264 g/mol. The number of benzene rings is 1. The zero-order chi connectivity index (χ0) is 13.8. The third-order valence-electron chi connectivity index (χ3n) is 2.96. The zero-order valence-corrected chi connectivity index (χ0v) is 10.8. The predicted molar refractivity (Wildman–Crippen MR) is 67.9 cm³/mol. The molecule has 1 aliphatic heterocycles. The number of unbranched alkanes of at least 4 members (excludes halogenated alkanes) is 3. The van der Waals surface area contributed by atoms with Crippen molar-refractivity contribution >= 4 is 11.9 Å². The number of hydrogen-bond acceptors (Lipinski definition) is 4. The van der Waals surface area contributed by atoms with Crippen molar-refractivity contribution in [3.05, 3.63) is 23.3 Å². The summed E-state index contributed by atoms with van der Waals surface area (Å²) in [6.07, 6.45) is 4.01. The van der Waals surface area contributed by atoms with E-state index in [1.807, 2.05) is 0 Å². The number of fused-ring (bicyclic) bond motifs is 1. The molecule has 2 rings (SSSR count). The summed E-state index contributed by atoms with van der Waals surface area (Å²) in [6.45, 7) is 2.42. The van der Waals surface area contributed by atoms with Gasteiger partial charge in [-0.05, 0) is 18.6 Å². The summed E-state index contributed by atoms with van der Waals surface area (Å²) in [5, 5.41) is 9.08. The summed E-state index contributed by atoms with van der Waals surface area (Å²) in [5.41, 5.74) is -0.0460. The standard InChI is InChI=1S/C14H16O5/c1-2-3-4-5-8-18-14(17)9-6-7-10-12(19-10)11(9)13(15)16/h6-7H,2-5,8H2,1H3,(H,15,16). The van der Waals surface area contributed by atoms with Gasteiger partial charge in [-0.25, -0.2) is 9.59 Å². The lowest BCUT2D eigenvalue weighted by atomic mass is 10.1. The maximum absolute atomic E-state index is 11.8. The molecular weight excluding hydrogens is 248 g/mol. The van der Waals surface area contributed by atoms with Crippen molar-refractivity contribution in [2.75, 3.05) is 6.61 Å². The summed E-state index contributed by atoms with van der Waals surface area (Å²) >= 11 is 0. The van der Waals surface area contributed by atoms with Crippen LogP contribution >= 0.6 is 0 Å². The van der Waals surface area contributed by atoms with Crippen molar-refractivity contribution in [2.24, 2.45) is 0 Å². The predicted octanol–water partition coefficient (Wildman–Crippen LogP) is 3.23. The molecule has 0 saturated carbocycles. The quantitative estimate of drug-likeness (QED) is 0.472. The molecule has 1 N–H and O–H groups in total. The van der Waals surface area contributed by atoms with Gasteiger partial charge in [0.05, 0.1) is 12.2 Å². The first-order valence-electron chi connectivity index (χ1n) is 6.40. The summed E-state index contributed by atoms with van der Waals surface area (Å²) in [5.74, 6) is -0.996. The molecule has 0 radical (unpaired) electrons. The number of rotatable bonds is 7. The van der Waals surface area contributed by atoms with E-state index in [1.165, 1.54) is 6.07 Å². The van der Waals surface area contributed by atoms with Crippen LogP contribution in [0.1, 0.15) is 53.3 Å². The lowest BCUT2D eigenvalue weighted by Gasteiger charge is -2.05. The number of carbonyl (C=O) groups is 2. The van der Waals surface area contributed by atoms with Crippen LogP contribution in [0.3, 0.4) is 0 Å². The molecule has 0 atom stereocenters. The van der Waals surface area contributed by atoms with Gasteiger partial charge in [-0.1, -0.05) is 26.2 Å². The van der Waals surface area contributed by atoms with Crippen molar-refractivity contribution < 1.29 is 24.2 Å². The molecule has 1 heterocycles. The molecule has 5 nitrogen and oxygen atoms in total. The fraction of sp³-hybridized carbons (Fsp3) is 0.429. The highest BCUT2D eigenvalue weighted by molar-refractivity contribution is 6.06. The number of ether oxygens (including phenoxy) is 2. The Kier molecular flexibility index (Phi) is 4.04. The first-order chi connectivity index (χ1) is 9.15. The molecule has 0 amide bonds. The van der Waals surface area contributed by atoms with Crippen LogP contribution < -0.4 is 4.74 Å². The van der Waals surface area contributed by atoms with Gasteiger partial charge in [-0.2, -0.15) is 0 Å². The van der Waals surface area contributed by atoms with Gasteiger partial charge in [-0.15, -0.1) is 0 Å². The molecule has 1 aromatic carbocycles. The van der Waals surface area contributed by atoms with Crippen LogP contribution in [0.25, 0.3) is 0 Å². The summed E-state index contributed by atoms with van der Waals surface area (Å²) in [6, 6.07) is 3.01. The van der Waals surface area contributed by atoms with E-state index in [0.29, 0.717) is 12.4 Å². The van der Waals surface area contributed by atoms with Crippen molar-refractivity contribution in [3.63, 3.8) is 0 Å². The molecule has 0 aliphatic carbocycles. The Hall–Kier alpha value is -2.04. The number of carboxylic acid groups (broad SMARTS) is 1. The Labute approximate surface area is 111 Å². The van der Waals surface area contributed by atoms with Crippen LogP contribution in [-0.4, -0.2) is 23.7 Å². The smallest absolute Gasteiger partial charge is 0.340 e. The van der Waals surface area contributed by atoms with E-state index >= 15 is 0 Å². The largest absolute Gasteiger partial charge is 0.478 e. The maximum Gasteiger partial charge on any atom is 0.340 e. The lowest BCUT2D eigenvalue weighted by Crippen LogP contribution is -2.11. The van der Waals surface area contributed by atoms with Crippen LogP contribution in [0.15, 0.2) is 12.1 Å². The average Bonchev–Trinajstić information content (AvgIpc) is 3.15. The van der Waals surface area contributed by atoms with E-state index < -0.39 is 11.9 Å². The fourth-order valence-corrected chi connectivity index (χ4v) is 1.89. The molecular formula is C14H16O5. The van der Waals surface area contributed by atoms with E-state index in [0.717, 1.165) is 25.7 Å². The number of carbonyl (C=O) groups excluding carboxylic acids is 1. The molecule has 1 aliphatic rings. The number of hydrogen-bond donors (Lipinski definition) is 1. The first kappa shape index (κ1) is 13.4. The van der Waals surface area contributed by atoms with Gasteiger partial charge >= 0.3 is 11.9 Å². The van der Waals surface area contributed by atoms with Crippen molar-refractivity contribution in [1.29, 1.82) is 0 Å². The molecule has 102 valence electrons. The SMILES string of the molecule is CCCCCCOC(=O)c1ccc2c(c1C(=O)O)O2. The minimum atomic E-state index is -1.17. The molecule has 5 heteroatoms. The zero-order valence-electron chi connectivity index (χ0n) is 10.8. The lowest BCUT2D eigenvalue weighted by molar-refractivity contribution is 0.0487. The van der Waals surface area contributed by atoms with Gasteiger partial charge in [-0.3, -0.25) is 0 Å². The molecule has 0 unspecified atom stereocenters. The third kappa shape index (κ3) is 3.05. The van der Waals surface area contributed by atoms with Crippen LogP contribution in [0.4, 0.5) is 0 Å². The van der Waals surface area contributed by atoms with E-state index in [4.69, 9.17) is 14.6 Å². The van der Waals surface area contributed by atoms with Gasteiger partial charge in [0.2, 0.25) is 0 Å².